The lowest BCUT2D eigenvalue weighted by atomic mass is 9.91. The van der Waals surface area contributed by atoms with Crippen LogP contribution in [0.25, 0.3) is 0 Å². The molecule has 13 heteroatoms. The minimum atomic E-state index is -6.21. The van der Waals surface area contributed by atoms with Gasteiger partial charge in [0.2, 0.25) is 0 Å². The van der Waals surface area contributed by atoms with Gasteiger partial charge >= 0.3 is 24.1 Å². The van der Waals surface area contributed by atoms with E-state index in [0.717, 1.165) is 12.8 Å². The summed E-state index contributed by atoms with van der Waals surface area (Å²) in [6, 6.07) is -6.43. The highest BCUT2D eigenvalue weighted by Gasteiger charge is 2.73. The molecule has 0 amide bonds. The zero-order chi connectivity index (χ0) is 31.1. The van der Waals surface area contributed by atoms with E-state index in [0.29, 0.717) is 25.7 Å². The highest BCUT2D eigenvalue weighted by molar-refractivity contribution is 5.54. The first kappa shape index (κ1) is 36.2. The third-order valence-corrected chi connectivity index (χ3v) is 7.07. The predicted octanol–water partition coefficient (Wildman–Crippen LogP) is 11.0. The van der Waals surface area contributed by atoms with Crippen molar-refractivity contribution < 1.29 is 52.7 Å². The number of nitrogens with zero attached hydrogens (tertiary/aromatic N) is 1. The number of hydrogen-bond acceptors (Lipinski definition) is 1. The lowest BCUT2D eigenvalue weighted by Crippen LogP contribution is -2.63. The van der Waals surface area contributed by atoms with Crippen molar-refractivity contribution in [1.29, 1.82) is 0 Å². The Hall–Kier alpha value is -1.82. The van der Waals surface area contributed by atoms with Gasteiger partial charge in [-0.15, -0.1) is 0 Å². The summed E-state index contributed by atoms with van der Waals surface area (Å²) in [5.74, 6) is -20.6. The van der Waals surface area contributed by atoms with Crippen LogP contribution in [-0.2, 0) is 6.18 Å². The van der Waals surface area contributed by atoms with Crippen LogP contribution in [-0.4, -0.2) is 24.4 Å². The maximum Gasteiger partial charge on any atom is 0.422 e. The van der Waals surface area contributed by atoms with Crippen LogP contribution in [0.1, 0.15) is 97.5 Å². The molecule has 2 unspecified atom stereocenters. The fraction of sp³-hybridized carbons (Fsp3) is 0.778. The molecule has 0 radical (unpaired) electrons. The minimum Gasteiger partial charge on any atom is -0.305 e. The molecule has 0 aliphatic carbocycles. The summed E-state index contributed by atoms with van der Waals surface area (Å²) in [6.07, 6.45) is -4.67. The molecular weight excluding hydrogens is 566 g/mol. The Morgan fingerprint density at radius 2 is 1.35 bits per heavy atom. The Labute approximate surface area is 227 Å². The Kier molecular flexibility index (Phi) is 13.0. The molecule has 0 spiro atoms. The largest absolute Gasteiger partial charge is 0.422 e. The lowest BCUT2D eigenvalue weighted by Gasteiger charge is -2.42. The predicted molar refractivity (Wildman–Crippen MR) is 129 cm³/mol. The highest BCUT2D eigenvalue weighted by atomic mass is 19.4. The Balaban J connectivity index is 3.66. The monoisotopic (exact) mass is 603 g/mol. The van der Waals surface area contributed by atoms with Gasteiger partial charge in [0.15, 0.2) is 17.5 Å². The fourth-order valence-corrected chi connectivity index (χ4v) is 4.60. The first-order chi connectivity index (χ1) is 18.3. The third-order valence-electron chi connectivity index (χ3n) is 7.07. The van der Waals surface area contributed by atoms with Gasteiger partial charge < -0.3 is 4.90 Å². The SMILES string of the molecule is CCCCCCC(F)(F)C(F)(F)C(F)(F)N(CC(C)CCC(CC)CCC)c1cc(F)c(F)c(C(F)(F)F)c1F. The van der Waals surface area contributed by atoms with Gasteiger partial charge in [-0.05, 0) is 24.7 Å². The molecule has 40 heavy (non-hydrogen) atoms. The molecule has 0 heterocycles. The maximum absolute atomic E-state index is 15.4. The summed E-state index contributed by atoms with van der Waals surface area (Å²) < 4.78 is 173. The summed E-state index contributed by atoms with van der Waals surface area (Å²) in [5.41, 5.74) is -5.02. The van der Waals surface area contributed by atoms with Crippen LogP contribution in [0.5, 0.6) is 0 Å². The van der Waals surface area contributed by atoms with E-state index in [1.807, 2.05) is 13.8 Å². The standard InChI is InChI=1S/C27H37F12N/c1-5-8-9-10-14-24(31,32)26(36,37)27(38,39)40(16-17(4)12-13-18(7-3)11-6-2)20-15-19(28)22(29)21(23(20)30)25(33,34)35/h15,17-18H,5-14,16H2,1-4H3. The summed E-state index contributed by atoms with van der Waals surface area (Å²) >= 11 is 0. The number of hydrogen-bond donors (Lipinski definition) is 0. The Morgan fingerprint density at radius 1 is 0.750 bits per heavy atom. The Morgan fingerprint density at radius 3 is 1.85 bits per heavy atom. The van der Waals surface area contributed by atoms with Crippen LogP contribution < -0.4 is 4.90 Å². The molecule has 0 fully saturated rings. The summed E-state index contributed by atoms with van der Waals surface area (Å²) in [5, 5.41) is 0. The van der Waals surface area contributed by atoms with Crippen LogP contribution in [0.15, 0.2) is 6.07 Å². The first-order valence-electron chi connectivity index (χ1n) is 13.5. The Bertz CT molecular complexity index is 929. The van der Waals surface area contributed by atoms with Crippen LogP contribution in [0.3, 0.4) is 0 Å². The van der Waals surface area contributed by atoms with Crippen molar-refractivity contribution in [2.45, 2.75) is 116 Å². The van der Waals surface area contributed by atoms with Crippen molar-refractivity contribution in [1.82, 2.24) is 0 Å². The molecule has 0 bridgehead atoms. The molecule has 0 saturated carbocycles. The zero-order valence-corrected chi connectivity index (χ0v) is 23.0. The van der Waals surface area contributed by atoms with E-state index in [1.165, 1.54) is 6.92 Å². The van der Waals surface area contributed by atoms with E-state index in [1.54, 1.807) is 6.92 Å². The molecule has 1 rings (SSSR count). The molecule has 1 aromatic rings. The van der Waals surface area contributed by atoms with Crippen molar-refractivity contribution in [3.05, 3.63) is 29.1 Å². The molecular formula is C27H37F12N. The van der Waals surface area contributed by atoms with Crippen LogP contribution >= 0.6 is 0 Å². The van der Waals surface area contributed by atoms with Crippen LogP contribution in [0, 0.1) is 29.3 Å². The normalized spacial score (nSPS) is 14.9. The van der Waals surface area contributed by atoms with Crippen LogP contribution in [0.2, 0.25) is 0 Å². The molecule has 0 aliphatic rings. The molecule has 0 aromatic heterocycles. The molecule has 2 atom stereocenters. The van der Waals surface area contributed by atoms with Crippen molar-refractivity contribution in [2.24, 2.45) is 11.8 Å². The van der Waals surface area contributed by atoms with E-state index in [4.69, 9.17) is 0 Å². The maximum atomic E-state index is 15.4. The molecule has 0 N–H and O–H groups in total. The lowest BCUT2D eigenvalue weighted by molar-refractivity contribution is -0.310. The third kappa shape index (κ3) is 8.36. The molecule has 234 valence electrons. The van der Waals surface area contributed by atoms with Gasteiger partial charge in [0.25, 0.3) is 0 Å². The van der Waals surface area contributed by atoms with Gasteiger partial charge in [-0.3, -0.25) is 0 Å². The van der Waals surface area contributed by atoms with Crippen molar-refractivity contribution >= 4 is 5.69 Å². The minimum absolute atomic E-state index is 0.0254. The van der Waals surface area contributed by atoms with Gasteiger partial charge in [0.05, 0.1) is 5.69 Å². The molecule has 1 aromatic carbocycles. The summed E-state index contributed by atoms with van der Waals surface area (Å²) in [4.78, 5) is -0.967. The van der Waals surface area contributed by atoms with Crippen molar-refractivity contribution in [3.8, 4) is 0 Å². The van der Waals surface area contributed by atoms with E-state index in [-0.39, 0.29) is 18.8 Å². The average molecular weight is 604 g/mol. The second-order valence-corrected chi connectivity index (χ2v) is 10.4. The number of benzene rings is 1. The van der Waals surface area contributed by atoms with E-state index in [2.05, 4.69) is 0 Å². The van der Waals surface area contributed by atoms with E-state index in [9.17, 15) is 43.9 Å². The van der Waals surface area contributed by atoms with Crippen LogP contribution in [0.4, 0.5) is 58.4 Å². The second kappa shape index (κ2) is 14.4. The molecule has 0 saturated heterocycles. The topological polar surface area (TPSA) is 3.24 Å². The van der Waals surface area contributed by atoms with Gasteiger partial charge in [-0.25, -0.2) is 13.2 Å². The summed E-state index contributed by atoms with van der Waals surface area (Å²) in [7, 11) is 0. The van der Waals surface area contributed by atoms with Gasteiger partial charge in [0.1, 0.15) is 5.56 Å². The first-order valence-corrected chi connectivity index (χ1v) is 13.5. The highest BCUT2D eigenvalue weighted by Crippen LogP contribution is 2.52. The molecule has 0 aliphatic heterocycles. The zero-order valence-electron chi connectivity index (χ0n) is 23.0. The number of anilines is 1. The molecule has 1 nitrogen and oxygen atoms in total. The van der Waals surface area contributed by atoms with E-state index < -0.39 is 89.0 Å². The van der Waals surface area contributed by atoms with E-state index >= 15 is 8.78 Å². The number of rotatable bonds is 17. The quantitative estimate of drug-likeness (QED) is 0.0741. The second-order valence-electron chi connectivity index (χ2n) is 10.4. The number of unbranched alkanes of at least 4 members (excludes halogenated alkanes) is 3. The van der Waals surface area contributed by atoms with Gasteiger partial charge in [-0.1, -0.05) is 72.6 Å². The average Bonchev–Trinajstić information content (AvgIpc) is 2.84. The van der Waals surface area contributed by atoms with Crippen molar-refractivity contribution in [2.75, 3.05) is 11.4 Å². The smallest absolute Gasteiger partial charge is 0.305 e. The fourth-order valence-electron chi connectivity index (χ4n) is 4.60. The number of alkyl halides is 9. The summed E-state index contributed by atoms with van der Waals surface area (Å²) in [6.45, 7) is 5.34. The van der Waals surface area contributed by atoms with Gasteiger partial charge in [0, 0.05) is 19.0 Å². The van der Waals surface area contributed by atoms with Gasteiger partial charge in [-0.2, -0.15) is 39.5 Å². The number of halogens is 12. The van der Waals surface area contributed by atoms with Crippen molar-refractivity contribution in [3.63, 3.8) is 0 Å².